The van der Waals surface area contributed by atoms with Gasteiger partial charge in [-0.15, -0.1) is 0 Å². The van der Waals surface area contributed by atoms with Crippen LogP contribution in [0, 0.1) is 17.3 Å². The molecule has 3 aromatic rings. The largest absolute Gasteiger partial charge is 0.481 e. The van der Waals surface area contributed by atoms with Crippen molar-refractivity contribution in [3.8, 4) is 0 Å². The third kappa shape index (κ3) is 6.46. The summed E-state index contributed by atoms with van der Waals surface area (Å²) < 4.78 is 54.8. The third-order valence-electron chi connectivity index (χ3n) is 13.6. The number of aromatic nitrogens is 2. The van der Waals surface area contributed by atoms with Gasteiger partial charge in [-0.25, -0.2) is 4.98 Å². The van der Waals surface area contributed by atoms with Crippen LogP contribution in [0.2, 0.25) is 0 Å². The highest BCUT2D eigenvalue weighted by Crippen LogP contribution is 2.65. The lowest BCUT2D eigenvalue weighted by atomic mass is 9.43. The average molecular weight is 760 g/mol. The molecule has 0 unspecified atom stereocenters. The van der Waals surface area contributed by atoms with Crippen LogP contribution in [0.3, 0.4) is 0 Å². The van der Waals surface area contributed by atoms with Gasteiger partial charge in [0, 0.05) is 31.5 Å². The number of carbonyl (C=O) groups excluding carboxylic acids is 2. The molecule has 3 saturated carbocycles. The van der Waals surface area contributed by atoms with Crippen LogP contribution in [0.5, 0.6) is 0 Å². The molecule has 55 heavy (non-hydrogen) atoms. The Hall–Kier alpha value is -4.17. The number of benzene rings is 2. The average Bonchev–Trinajstić information content (AvgIpc) is 3.67. The van der Waals surface area contributed by atoms with Gasteiger partial charge in [0.1, 0.15) is 17.6 Å². The topological polar surface area (TPSA) is 115 Å². The van der Waals surface area contributed by atoms with Crippen LogP contribution < -0.4 is 16.2 Å². The number of halogens is 3. The number of hydrogen-bond donors (Lipinski definition) is 2. The van der Waals surface area contributed by atoms with Crippen LogP contribution in [-0.2, 0) is 50.0 Å². The minimum atomic E-state index is -4.51. The molecule has 1 aromatic heterocycles. The van der Waals surface area contributed by atoms with Gasteiger partial charge in [0.25, 0.3) is 5.56 Å². The Morgan fingerprint density at radius 3 is 2.56 bits per heavy atom. The zero-order valence-electron chi connectivity index (χ0n) is 32.0. The van der Waals surface area contributed by atoms with Crippen molar-refractivity contribution in [3.63, 3.8) is 0 Å². The SMILES string of the molecule is CC[C@H](NC(=O)[C@@H]1C[C@@](C)(CC(=O)N2CCc3ccccc3C2)c2ncc(NCc3cccc(C(F)(F)F)c3)c(=O)n21)B1O[C@@H]2C[C@@H]3C[C@@H](C3(C)C)[C@]2(C)O1. The van der Waals surface area contributed by atoms with Crippen LogP contribution in [0.15, 0.2) is 59.5 Å². The molecule has 292 valence electrons. The second kappa shape index (κ2) is 13.5. The quantitative estimate of drug-likeness (QED) is 0.250. The fourth-order valence-corrected chi connectivity index (χ4v) is 10.2. The maximum atomic E-state index is 14.5. The number of carbonyl (C=O) groups is 2. The summed E-state index contributed by atoms with van der Waals surface area (Å²) in [5, 5.41) is 6.12. The van der Waals surface area contributed by atoms with Crippen molar-refractivity contribution in [2.24, 2.45) is 17.3 Å². The highest BCUT2D eigenvalue weighted by Gasteiger charge is 2.68. The molecule has 6 aliphatic rings. The van der Waals surface area contributed by atoms with E-state index in [0.717, 1.165) is 37.0 Å². The van der Waals surface area contributed by atoms with Crippen LogP contribution >= 0.6 is 0 Å². The van der Waals surface area contributed by atoms with Gasteiger partial charge >= 0.3 is 13.3 Å². The third-order valence-corrected chi connectivity index (χ3v) is 13.6. The van der Waals surface area contributed by atoms with E-state index in [1.54, 1.807) is 0 Å². The fraction of sp³-hybridized carbons (Fsp3) is 0.561. The van der Waals surface area contributed by atoms with Gasteiger partial charge in [0.05, 0.1) is 29.4 Å². The molecule has 0 radical (unpaired) electrons. The Labute approximate surface area is 319 Å². The van der Waals surface area contributed by atoms with Gasteiger partial charge in [-0.1, -0.05) is 64.1 Å². The number of alkyl halides is 3. The highest BCUT2D eigenvalue weighted by molar-refractivity contribution is 6.47. The molecule has 7 atom stereocenters. The first-order valence-corrected chi connectivity index (χ1v) is 19.5. The lowest BCUT2D eigenvalue weighted by Gasteiger charge is -2.64. The van der Waals surface area contributed by atoms with Gasteiger partial charge in [-0.3, -0.25) is 19.0 Å². The number of rotatable bonds is 9. The number of anilines is 1. The summed E-state index contributed by atoms with van der Waals surface area (Å²) in [6.07, 6.45) is 0.218. The summed E-state index contributed by atoms with van der Waals surface area (Å²) in [6.45, 7) is 11.5. The Kier molecular flexibility index (Phi) is 9.26. The van der Waals surface area contributed by atoms with E-state index in [-0.39, 0.29) is 42.5 Å². The van der Waals surface area contributed by atoms with Gasteiger partial charge in [0.15, 0.2) is 0 Å². The predicted octanol–water partition coefficient (Wildman–Crippen LogP) is 6.21. The molecule has 14 heteroatoms. The molecule has 10 nitrogen and oxygen atoms in total. The summed E-state index contributed by atoms with van der Waals surface area (Å²) in [7, 11) is -0.662. The van der Waals surface area contributed by atoms with Crippen molar-refractivity contribution in [2.75, 3.05) is 11.9 Å². The molecule has 4 heterocycles. The predicted molar refractivity (Wildman–Crippen MR) is 201 cm³/mol. The Morgan fingerprint density at radius 1 is 1.07 bits per heavy atom. The van der Waals surface area contributed by atoms with Crippen LogP contribution in [-0.4, -0.2) is 57.6 Å². The standard InChI is InChI=1S/C41H49BF3N5O5/c1-6-33(42-54-32-18-28-17-31(38(28,2)3)40(32,5)55-42)48-35(52)30-19-39(4,20-34(51)49-15-14-25-11-7-8-12-26(25)23-49)37-47-22-29(36(53)50(30)37)46-21-24-10-9-13-27(16-24)41(43,44)45/h7-13,16,22,28,30-33,46H,6,14-15,17-21,23H2,1-5H3,(H,48,52)/t28-,30-,31-,32+,33-,39-,40-/m0/s1. The zero-order chi connectivity index (χ0) is 39.1. The first-order valence-electron chi connectivity index (χ1n) is 19.5. The van der Waals surface area contributed by atoms with Crippen LogP contribution in [0.25, 0.3) is 0 Å². The number of nitrogens with zero attached hydrogens (tertiary/aromatic N) is 3. The van der Waals surface area contributed by atoms with Crippen LogP contribution in [0.4, 0.5) is 18.9 Å². The molecule has 3 aliphatic carbocycles. The summed E-state index contributed by atoms with van der Waals surface area (Å²) in [5.74, 6) is 0.232. The molecule has 9 rings (SSSR count). The molecular formula is C41H49BF3N5O5. The molecule has 2 N–H and O–H groups in total. The van der Waals surface area contributed by atoms with Crippen molar-refractivity contribution < 1.29 is 32.1 Å². The van der Waals surface area contributed by atoms with Crippen molar-refractivity contribution in [2.45, 2.75) is 122 Å². The second-order valence-corrected chi connectivity index (χ2v) is 17.4. The van der Waals surface area contributed by atoms with E-state index in [1.807, 2.05) is 36.9 Å². The van der Waals surface area contributed by atoms with E-state index in [1.165, 1.54) is 28.5 Å². The maximum Gasteiger partial charge on any atom is 0.481 e. The minimum absolute atomic E-state index is 0.0345. The molecule has 3 aliphatic heterocycles. The number of amides is 2. The summed E-state index contributed by atoms with van der Waals surface area (Å²) in [6, 6.07) is 11.9. The summed E-state index contributed by atoms with van der Waals surface area (Å²) in [5.41, 5.74) is 0.0685. The van der Waals surface area contributed by atoms with Crippen molar-refractivity contribution >= 4 is 24.6 Å². The number of nitrogens with one attached hydrogen (secondary N) is 2. The zero-order valence-corrected chi connectivity index (χ0v) is 32.0. The molecular weight excluding hydrogens is 710 g/mol. The van der Waals surface area contributed by atoms with Gasteiger partial charge in [-0.05, 0) is 85.1 Å². The summed E-state index contributed by atoms with van der Waals surface area (Å²) in [4.78, 5) is 49.3. The van der Waals surface area contributed by atoms with E-state index < -0.39 is 53.3 Å². The van der Waals surface area contributed by atoms with Gasteiger partial charge in [-0.2, -0.15) is 13.2 Å². The maximum absolute atomic E-state index is 14.5. The van der Waals surface area contributed by atoms with E-state index in [4.69, 9.17) is 14.3 Å². The molecule has 1 saturated heterocycles. The number of fused-ring (bicyclic) bond motifs is 2. The Bertz CT molecular complexity index is 2080. The van der Waals surface area contributed by atoms with Crippen molar-refractivity contribution in [3.05, 3.63) is 93.2 Å². The van der Waals surface area contributed by atoms with Crippen molar-refractivity contribution in [1.82, 2.24) is 19.8 Å². The van der Waals surface area contributed by atoms with Crippen molar-refractivity contribution in [1.29, 1.82) is 0 Å². The van der Waals surface area contributed by atoms with E-state index in [0.29, 0.717) is 42.7 Å². The monoisotopic (exact) mass is 759 g/mol. The highest BCUT2D eigenvalue weighted by atomic mass is 19.4. The smallest absolute Gasteiger partial charge is 0.404 e. The number of hydrogen-bond acceptors (Lipinski definition) is 7. The summed E-state index contributed by atoms with van der Waals surface area (Å²) >= 11 is 0. The van der Waals surface area contributed by atoms with E-state index in [9.17, 15) is 27.6 Å². The minimum Gasteiger partial charge on any atom is -0.404 e. The Balaban J connectivity index is 1.06. The van der Waals surface area contributed by atoms with Gasteiger partial charge < -0.3 is 24.8 Å². The lowest BCUT2D eigenvalue weighted by molar-refractivity contribution is -0.199. The van der Waals surface area contributed by atoms with Crippen LogP contribution in [0.1, 0.15) is 101 Å². The first kappa shape index (κ1) is 37.7. The molecule has 2 bridgehead atoms. The van der Waals surface area contributed by atoms with E-state index >= 15 is 0 Å². The normalized spacial score (nSPS) is 29.5. The lowest BCUT2D eigenvalue weighted by Crippen LogP contribution is -2.65. The molecule has 0 spiro atoms. The first-order chi connectivity index (χ1) is 26.0. The molecule has 4 fully saturated rings. The molecule has 2 amide bonds. The van der Waals surface area contributed by atoms with Gasteiger partial charge in [0.2, 0.25) is 11.8 Å². The second-order valence-electron chi connectivity index (χ2n) is 17.4. The van der Waals surface area contributed by atoms with E-state index in [2.05, 4.69) is 37.5 Å². The molecule has 2 aromatic carbocycles. The fourth-order valence-electron chi connectivity index (χ4n) is 10.2. The Morgan fingerprint density at radius 2 is 1.84 bits per heavy atom.